The monoisotopic (exact) mass is 241 g/mol. The van der Waals surface area contributed by atoms with E-state index >= 15 is 0 Å². The van der Waals surface area contributed by atoms with Crippen molar-refractivity contribution >= 4 is 8.07 Å². The lowest BCUT2D eigenvalue weighted by atomic mass is 10.3. The molecule has 0 atom stereocenters. The molecule has 0 aromatic heterocycles. The van der Waals surface area contributed by atoms with Crippen molar-refractivity contribution < 1.29 is 0 Å². The topological polar surface area (TPSA) is 3.24 Å². The molecule has 0 heterocycles. The first-order chi connectivity index (χ1) is 7.55. The van der Waals surface area contributed by atoms with Crippen molar-refractivity contribution in [1.29, 1.82) is 0 Å². The van der Waals surface area contributed by atoms with E-state index in [0.29, 0.717) is 0 Å². The van der Waals surface area contributed by atoms with Crippen molar-refractivity contribution in [3.05, 3.63) is 11.8 Å². The molecule has 0 aliphatic heterocycles. The molecule has 0 aromatic rings. The maximum atomic E-state index is 2.69. The Morgan fingerprint density at radius 3 is 1.88 bits per heavy atom. The van der Waals surface area contributed by atoms with E-state index in [1.165, 1.54) is 44.9 Å². The predicted molar refractivity (Wildman–Crippen MR) is 78.6 cm³/mol. The number of rotatable bonds is 9. The van der Waals surface area contributed by atoms with Gasteiger partial charge in [0.05, 0.1) is 8.07 Å². The molecule has 96 valence electrons. The van der Waals surface area contributed by atoms with Crippen LogP contribution in [0.25, 0.3) is 0 Å². The summed E-state index contributed by atoms with van der Waals surface area (Å²) in [6.45, 7) is 14.3. The Morgan fingerprint density at radius 1 is 1.00 bits per heavy atom. The predicted octanol–water partition coefficient (Wildman–Crippen LogP) is 4.25. The van der Waals surface area contributed by atoms with Crippen molar-refractivity contribution in [3.8, 4) is 0 Å². The second-order valence-corrected chi connectivity index (χ2v) is 10.1. The van der Waals surface area contributed by atoms with Crippen molar-refractivity contribution in [1.82, 2.24) is 4.90 Å². The second kappa shape index (κ2) is 9.00. The van der Waals surface area contributed by atoms with Crippen LogP contribution >= 0.6 is 0 Å². The summed E-state index contributed by atoms with van der Waals surface area (Å²) in [5.41, 5.74) is 2.47. The fourth-order valence-electron chi connectivity index (χ4n) is 2.11. The Labute approximate surface area is 104 Å². The summed E-state index contributed by atoms with van der Waals surface area (Å²) >= 11 is 0. The molecule has 0 aliphatic rings. The van der Waals surface area contributed by atoms with Crippen LogP contribution in [0.1, 0.15) is 46.5 Å². The average Bonchev–Trinajstić information content (AvgIpc) is 2.21. The molecule has 0 aliphatic carbocycles. The fraction of sp³-hybridized carbons (Fsp3) is 0.857. The molecule has 0 unspecified atom stereocenters. The highest BCUT2D eigenvalue weighted by Gasteiger charge is 2.20. The third-order valence-corrected chi connectivity index (χ3v) is 5.40. The quantitative estimate of drug-likeness (QED) is 0.545. The summed E-state index contributed by atoms with van der Waals surface area (Å²) < 4.78 is 0. The first kappa shape index (κ1) is 15.9. The van der Waals surface area contributed by atoms with Crippen LogP contribution in [-0.4, -0.2) is 32.2 Å². The van der Waals surface area contributed by atoms with Crippen molar-refractivity contribution in [2.45, 2.75) is 59.5 Å². The van der Waals surface area contributed by atoms with Gasteiger partial charge in [-0.05, 0) is 39.0 Å². The SMILES string of the molecule is C/C=C\[Si](C)(C)CN(CCCC)CCCC. The maximum Gasteiger partial charge on any atom is 0.0857 e. The van der Waals surface area contributed by atoms with Crippen molar-refractivity contribution in [3.63, 3.8) is 0 Å². The highest BCUT2D eigenvalue weighted by atomic mass is 28.3. The molecule has 1 nitrogen and oxygen atoms in total. The Hall–Kier alpha value is -0.0831. The maximum absolute atomic E-state index is 2.69. The van der Waals surface area contributed by atoms with E-state index in [0.717, 1.165) is 0 Å². The third-order valence-electron chi connectivity index (χ3n) is 2.90. The summed E-state index contributed by atoms with van der Waals surface area (Å²) in [6.07, 6.45) is 8.90. The molecule has 2 heteroatoms. The second-order valence-electron chi connectivity index (χ2n) is 5.47. The molecule has 0 saturated carbocycles. The molecule has 0 radical (unpaired) electrons. The minimum atomic E-state index is -1.12. The fourth-order valence-corrected chi connectivity index (χ4v) is 4.59. The zero-order valence-corrected chi connectivity index (χ0v) is 13.1. The van der Waals surface area contributed by atoms with Crippen LogP contribution in [0, 0.1) is 0 Å². The lowest BCUT2D eigenvalue weighted by molar-refractivity contribution is 0.302. The summed E-state index contributed by atoms with van der Waals surface area (Å²) in [7, 11) is -1.12. The van der Waals surface area contributed by atoms with Gasteiger partial charge in [-0.2, -0.15) is 0 Å². The van der Waals surface area contributed by atoms with Gasteiger partial charge in [-0.25, -0.2) is 0 Å². The zero-order chi connectivity index (χ0) is 12.4. The lowest BCUT2D eigenvalue weighted by Gasteiger charge is -2.29. The summed E-state index contributed by atoms with van der Waals surface area (Å²) in [4.78, 5) is 2.69. The molecule has 16 heavy (non-hydrogen) atoms. The minimum Gasteiger partial charge on any atom is -0.306 e. The Kier molecular flexibility index (Phi) is 8.95. The van der Waals surface area contributed by atoms with Crippen LogP contribution in [-0.2, 0) is 0 Å². The zero-order valence-electron chi connectivity index (χ0n) is 12.1. The van der Waals surface area contributed by atoms with Crippen LogP contribution < -0.4 is 0 Å². The van der Waals surface area contributed by atoms with E-state index in [4.69, 9.17) is 0 Å². The molecule has 0 saturated heterocycles. The van der Waals surface area contributed by atoms with Gasteiger partial charge in [0.2, 0.25) is 0 Å². The standard InChI is InChI=1S/C14H31NSi/c1-6-9-11-15(12-10-7-2)14-16(4,5)13-8-3/h8,13H,6-7,9-12,14H2,1-5H3/b13-8-. The van der Waals surface area contributed by atoms with E-state index in [1.54, 1.807) is 0 Å². The van der Waals surface area contributed by atoms with Crippen LogP contribution in [0.2, 0.25) is 13.1 Å². The molecule has 0 bridgehead atoms. The first-order valence-electron chi connectivity index (χ1n) is 6.92. The first-order valence-corrected chi connectivity index (χ1v) is 10.2. The van der Waals surface area contributed by atoms with Gasteiger partial charge in [0.1, 0.15) is 0 Å². The van der Waals surface area contributed by atoms with Gasteiger partial charge in [-0.1, -0.05) is 51.6 Å². The number of hydrogen-bond donors (Lipinski definition) is 0. The molecule has 0 rings (SSSR count). The average molecular weight is 241 g/mol. The van der Waals surface area contributed by atoms with Crippen LogP contribution in [0.3, 0.4) is 0 Å². The van der Waals surface area contributed by atoms with Crippen molar-refractivity contribution in [2.75, 3.05) is 19.3 Å². The van der Waals surface area contributed by atoms with Crippen molar-refractivity contribution in [2.24, 2.45) is 0 Å². The summed E-state index contributed by atoms with van der Waals surface area (Å²) in [6, 6.07) is 0. The largest absolute Gasteiger partial charge is 0.306 e. The van der Waals surface area contributed by atoms with Crippen LogP contribution in [0.15, 0.2) is 11.8 Å². The van der Waals surface area contributed by atoms with Gasteiger partial charge >= 0.3 is 0 Å². The lowest BCUT2D eigenvalue weighted by Crippen LogP contribution is -2.42. The van der Waals surface area contributed by atoms with E-state index in [-0.39, 0.29) is 0 Å². The Balaban J connectivity index is 4.16. The van der Waals surface area contributed by atoms with Gasteiger partial charge in [0.25, 0.3) is 0 Å². The highest BCUT2D eigenvalue weighted by Crippen LogP contribution is 2.09. The molecular formula is C14H31NSi. The molecule has 0 fully saturated rings. The highest BCUT2D eigenvalue weighted by molar-refractivity contribution is 6.82. The van der Waals surface area contributed by atoms with E-state index < -0.39 is 8.07 Å². The summed E-state index contributed by atoms with van der Waals surface area (Å²) in [5.74, 6) is 0. The number of allylic oxidation sites excluding steroid dienone is 1. The number of nitrogens with zero attached hydrogens (tertiary/aromatic N) is 1. The smallest absolute Gasteiger partial charge is 0.0857 e. The van der Waals surface area contributed by atoms with Gasteiger partial charge in [0, 0.05) is 0 Å². The summed E-state index contributed by atoms with van der Waals surface area (Å²) in [5, 5.41) is 0. The molecular weight excluding hydrogens is 210 g/mol. The van der Waals surface area contributed by atoms with Gasteiger partial charge in [-0.3, -0.25) is 0 Å². The normalized spacial score (nSPS) is 12.9. The van der Waals surface area contributed by atoms with E-state index in [1.807, 2.05) is 0 Å². The van der Waals surface area contributed by atoms with Gasteiger partial charge in [0.15, 0.2) is 0 Å². The number of unbranched alkanes of at least 4 members (excludes halogenated alkanes) is 2. The molecule has 0 aromatic carbocycles. The molecule has 0 spiro atoms. The van der Waals surface area contributed by atoms with Crippen LogP contribution in [0.5, 0.6) is 0 Å². The minimum absolute atomic E-state index is 1.12. The van der Waals surface area contributed by atoms with Crippen LogP contribution in [0.4, 0.5) is 0 Å². The molecule has 0 N–H and O–H groups in total. The Morgan fingerprint density at radius 2 is 1.50 bits per heavy atom. The van der Waals surface area contributed by atoms with E-state index in [9.17, 15) is 0 Å². The third kappa shape index (κ3) is 8.11. The van der Waals surface area contributed by atoms with Gasteiger partial charge < -0.3 is 4.90 Å². The number of hydrogen-bond acceptors (Lipinski definition) is 1. The van der Waals surface area contributed by atoms with E-state index in [2.05, 4.69) is 50.5 Å². The van der Waals surface area contributed by atoms with Gasteiger partial charge in [-0.15, -0.1) is 0 Å². The Bertz CT molecular complexity index is 179. The molecule has 0 amide bonds.